The standard InChI is InChI=1S/C15H17N7O2/c1-4-12-17-14(24-19-12)13-10-7-22(8-11(10)21(3)18-13)15(23)9-5-16-20(2)6-9/h5-6H,4,7-8H2,1-3H3. The zero-order valence-corrected chi connectivity index (χ0v) is 13.7. The molecule has 4 rings (SSSR count). The van der Waals surface area contributed by atoms with E-state index in [9.17, 15) is 4.79 Å². The molecule has 0 unspecified atom stereocenters. The van der Waals surface area contributed by atoms with E-state index in [1.165, 1.54) is 0 Å². The lowest BCUT2D eigenvalue weighted by molar-refractivity contribution is 0.0748. The van der Waals surface area contributed by atoms with Gasteiger partial charge < -0.3 is 9.42 Å². The zero-order valence-electron chi connectivity index (χ0n) is 13.7. The van der Waals surface area contributed by atoms with E-state index < -0.39 is 0 Å². The largest absolute Gasteiger partial charge is 0.332 e. The Balaban J connectivity index is 1.64. The van der Waals surface area contributed by atoms with Crippen molar-refractivity contribution in [1.82, 2.24) is 34.6 Å². The molecule has 0 aliphatic carbocycles. The molecule has 3 aromatic rings. The summed E-state index contributed by atoms with van der Waals surface area (Å²) in [5.74, 6) is 0.995. The minimum Gasteiger partial charge on any atom is -0.332 e. The Morgan fingerprint density at radius 3 is 2.83 bits per heavy atom. The number of carbonyl (C=O) groups is 1. The first-order chi connectivity index (χ1) is 11.6. The van der Waals surface area contributed by atoms with Crippen molar-refractivity contribution in [3.8, 4) is 11.6 Å². The van der Waals surface area contributed by atoms with Crippen LogP contribution in [0.2, 0.25) is 0 Å². The number of rotatable bonds is 3. The second-order valence-corrected chi connectivity index (χ2v) is 5.83. The highest BCUT2D eigenvalue weighted by Crippen LogP contribution is 2.32. The number of fused-ring (bicyclic) bond motifs is 1. The van der Waals surface area contributed by atoms with Gasteiger partial charge in [0, 0.05) is 32.3 Å². The summed E-state index contributed by atoms with van der Waals surface area (Å²) in [4.78, 5) is 18.7. The Morgan fingerprint density at radius 1 is 1.33 bits per heavy atom. The molecule has 124 valence electrons. The molecule has 1 aliphatic rings. The van der Waals surface area contributed by atoms with Crippen LogP contribution in [0.3, 0.4) is 0 Å². The van der Waals surface area contributed by atoms with Crippen LogP contribution in [0.5, 0.6) is 0 Å². The quantitative estimate of drug-likeness (QED) is 0.710. The van der Waals surface area contributed by atoms with Crippen molar-refractivity contribution in [3.63, 3.8) is 0 Å². The summed E-state index contributed by atoms with van der Waals surface area (Å²) in [6, 6.07) is 0. The fourth-order valence-electron chi connectivity index (χ4n) is 2.92. The summed E-state index contributed by atoms with van der Waals surface area (Å²) in [7, 11) is 3.65. The smallest absolute Gasteiger partial charge is 0.278 e. The van der Waals surface area contributed by atoms with E-state index in [1.807, 2.05) is 14.0 Å². The SMILES string of the molecule is CCc1noc(-c2nn(C)c3c2CN(C(=O)c2cnn(C)c2)C3)n1. The molecule has 0 aromatic carbocycles. The third kappa shape index (κ3) is 2.20. The van der Waals surface area contributed by atoms with Gasteiger partial charge in [-0.3, -0.25) is 14.2 Å². The van der Waals surface area contributed by atoms with Gasteiger partial charge in [0.05, 0.1) is 30.5 Å². The minimum absolute atomic E-state index is 0.0509. The lowest BCUT2D eigenvalue weighted by atomic mass is 10.2. The van der Waals surface area contributed by atoms with Crippen molar-refractivity contribution in [3.05, 3.63) is 35.0 Å². The van der Waals surface area contributed by atoms with Gasteiger partial charge in [0.2, 0.25) is 0 Å². The van der Waals surface area contributed by atoms with E-state index in [2.05, 4.69) is 20.3 Å². The summed E-state index contributed by atoms with van der Waals surface area (Å²) >= 11 is 0. The van der Waals surface area contributed by atoms with Crippen molar-refractivity contribution < 1.29 is 9.32 Å². The van der Waals surface area contributed by atoms with Crippen LogP contribution in [0.4, 0.5) is 0 Å². The second-order valence-electron chi connectivity index (χ2n) is 5.83. The summed E-state index contributed by atoms with van der Waals surface area (Å²) < 4.78 is 8.70. The highest BCUT2D eigenvalue weighted by Gasteiger charge is 2.32. The molecule has 4 heterocycles. The summed E-state index contributed by atoms with van der Waals surface area (Å²) in [6.07, 6.45) is 4.00. The fraction of sp³-hybridized carbons (Fsp3) is 0.400. The van der Waals surface area contributed by atoms with Crippen molar-refractivity contribution in [2.24, 2.45) is 14.1 Å². The van der Waals surface area contributed by atoms with Crippen LogP contribution in [-0.2, 0) is 33.6 Å². The first-order valence-electron chi connectivity index (χ1n) is 7.72. The Kier molecular flexibility index (Phi) is 3.22. The lowest BCUT2D eigenvalue weighted by Crippen LogP contribution is -2.26. The van der Waals surface area contributed by atoms with Crippen LogP contribution in [0.1, 0.15) is 34.4 Å². The molecule has 0 saturated heterocycles. The summed E-state index contributed by atoms with van der Waals surface area (Å²) in [6.45, 7) is 2.93. The van der Waals surface area contributed by atoms with Gasteiger partial charge in [-0.2, -0.15) is 15.2 Å². The monoisotopic (exact) mass is 327 g/mol. The topological polar surface area (TPSA) is 94.9 Å². The predicted molar refractivity (Wildman–Crippen MR) is 82.7 cm³/mol. The molecule has 0 saturated carbocycles. The Bertz CT molecular complexity index is 920. The molecule has 0 fully saturated rings. The molecule has 9 heteroatoms. The number of amides is 1. The number of aryl methyl sites for hydroxylation is 3. The maximum atomic E-state index is 12.6. The zero-order chi connectivity index (χ0) is 16.8. The number of aromatic nitrogens is 6. The Labute approximate surface area is 137 Å². The molecule has 0 spiro atoms. The van der Waals surface area contributed by atoms with E-state index >= 15 is 0 Å². The molecule has 1 amide bonds. The number of hydrogen-bond acceptors (Lipinski definition) is 6. The Morgan fingerprint density at radius 2 is 2.17 bits per heavy atom. The van der Waals surface area contributed by atoms with Gasteiger partial charge in [-0.05, 0) is 0 Å². The van der Waals surface area contributed by atoms with Gasteiger partial charge >= 0.3 is 0 Å². The minimum atomic E-state index is -0.0509. The van der Waals surface area contributed by atoms with Crippen LogP contribution in [0.15, 0.2) is 16.9 Å². The van der Waals surface area contributed by atoms with Gasteiger partial charge in [-0.25, -0.2) is 0 Å². The van der Waals surface area contributed by atoms with E-state index in [-0.39, 0.29) is 5.91 Å². The van der Waals surface area contributed by atoms with Crippen molar-refractivity contribution in [2.75, 3.05) is 0 Å². The van der Waals surface area contributed by atoms with Crippen LogP contribution >= 0.6 is 0 Å². The summed E-state index contributed by atoms with van der Waals surface area (Å²) in [5, 5.41) is 12.5. The van der Waals surface area contributed by atoms with E-state index in [0.717, 1.165) is 11.3 Å². The van der Waals surface area contributed by atoms with Crippen molar-refractivity contribution in [1.29, 1.82) is 0 Å². The first-order valence-corrected chi connectivity index (χ1v) is 7.72. The third-order valence-electron chi connectivity index (χ3n) is 4.19. The van der Waals surface area contributed by atoms with Crippen LogP contribution in [0.25, 0.3) is 11.6 Å². The Hall–Kier alpha value is -2.97. The molecule has 3 aromatic heterocycles. The fourth-order valence-corrected chi connectivity index (χ4v) is 2.92. The van der Waals surface area contributed by atoms with Crippen LogP contribution in [0, 0.1) is 0 Å². The molecule has 0 N–H and O–H groups in total. The summed E-state index contributed by atoms with van der Waals surface area (Å²) in [5.41, 5.74) is 3.17. The predicted octanol–water partition coefficient (Wildman–Crippen LogP) is 0.922. The van der Waals surface area contributed by atoms with Gasteiger partial charge in [0.25, 0.3) is 11.8 Å². The van der Waals surface area contributed by atoms with Crippen molar-refractivity contribution in [2.45, 2.75) is 26.4 Å². The molecule has 0 atom stereocenters. The first kappa shape index (κ1) is 14.6. The van der Waals surface area contributed by atoms with E-state index in [4.69, 9.17) is 4.52 Å². The number of hydrogen-bond donors (Lipinski definition) is 0. The molecule has 0 radical (unpaired) electrons. The highest BCUT2D eigenvalue weighted by atomic mass is 16.5. The normalized spacial score (nSPS) is 13.5. The highest BCUT2D eigenvalue weighted by molar-refractivity contribution is 5.94. The van der Waals surface area contributed by atoms with Gasteiger partial charge in [0.1, 0.15) is 0 Å². The van der Waals surface area contributed by atoms with Crippen molar-refractivity contribution >= 4 is 5.91 Å². The van der Waals surface area contributed by atoms with Crippen LogP contribution in [-0.4, -0.2) is 40.5 Å². The average Bonchev–Trinajstić information content (AvgIpc) is 3.32. The second kappa shape index (κ2) is 5.29. The average molecular weight is 327 g/mol. The molecule has 9 nitrogen and oxygen atoms in total. The van der Waals surface area contributed by atoms with Gasteiger partial charge in [-0.1, -0.05) is 12.1 Å². The van der Waals surface area contributed by atoms with E-state index in [1.54, 1.807) is 33.7 Å². The maximum Gasteiger partial charge on any atom is 0.278 e. The van der Waals surface area contributed by atoms with Gasteiger partial charge in [-0.15, -0.1) is 0 Å². The molecule has 1 aliphatic heterocycles. The molecule has 24 heavy (non-hydrogen) atoms. The van der Waals surface area contributed by atoms with Gasteiger partial charge in [0.15, 0.2) is 11.5 Å². The molecule has 0 bridgehead atoms. The third-order valence-corrected chi connectivity index (χ3v) is 4.19. The lowest BCUT2D eigenvalue weighted by Gasteiger charge is -2.14. The molecular weight excluding hydrogens is 310 g/mol. The van der Waals surface area contributed by atoms with Crippen LogP contribution < -0.4 is 0 Å². The van der Waals surface area contributed by atoms with E-state index in [0.29, 0.717) is 42.5 Å². The molecular formula is C15H17N7O2. The number of carbonyl (C=O) groups excluding carboxylic acids is 1. The number of nitrogens with zero attached hydrogens (tertiary/aromatic N) is 7. The maximum absolute atomic E-state index is 12.6.